The van der Waals surface area contributed by atoms with E-state index in [9.17, 15) is 4.79 Å². The highest BCUT2D eigenvalue weighted by Gasteiger charge is 2.26. The van der Waals surface area contributed by atoms with Crippen LogP contribution in [0.25, 0.3) is 0 Å². The molecule has 26 heavy (non-hydrogen) atoms. The van der Waals surface area contributed by atoms with E-state index in [0.29, 0.717) is 18.1 Å². The van der Waals surface area contributed by atoms with Crippen LogP contribution in [0.2, 0.25) is 0 Å². The predicted octanol–water partition coefficient (Wildman–Crippen LogP) is 3.15. The molecule has 6 nitrogen and oxygen atoms in total. The number of benzene rings is 1. The van der Waals surface area contributed by atoms with Gasteiger partial charge in [-0.15, -0.1) is 0 Å². The minimum Gasteiger partial charge on any atom is -0.497 e. The number of carbonyl (C=O) groups excluding carboxylic acids is 1. The van der Waals surface area contributed by atoms with E-state index in [4.69, 9.17) is 9.47 Å². The van der Waals surface area contributed by atoms with E-state index in [2.05, 4.69) is 5.10 Å². The van der Waals surface area contributed by atoms with Crippen molar-refractivity contribution in [2.75, 3.05) is 26.8 Å². The van der Waals surface area contributed by atoms with Crippen LogP contribution in [0.1, 0.15) is 35.8 Å². The molecule has 1 saturated heterocycles. The number of rotatable bonds is 6. The zero-order valence-electron chi connectivity index (χ0n) is 15.8. The summed E-state index contributed by atoms with van der Waals surface area (Å²) in [5.41, 5.74) is 1.51. The van der Waals surface area contributed by atoms with Crippen molar-refractivity contribution in [2.45, 2.75) is 33.2 Å². The minimum absolute atomic E-state index is 0.0800. The molecule has 0 spiro atoms. The molecule has 1 aliphatic rings. The lowest BCUT2D eigenvalue weighted by molar-refractivity contribution is 0.0632. The number of likely N-dealkylation sites (tertiary alicyclic amines) is 1. The van der Waals surface area contributed by atoms with E-state index >= 15 is 0 Å². The maximum absolute atomic E-state index is 12.9. The van der Waals surface area contributed by atoms with Gasteiger partial charge in [-0.3, -0.25) is 9.48 Å². The predicted molar refractivity (Wildman–Crippen MR) is 99.8 cm³/mol. The van der Waals surface area contributed by atoms with Crippen LogP contribution in [-0.2, 0) is 6.54 Å². The second-order valence-corrected chi connectivity index (χ2v) is 6.73. The van der Waals surface area contributed by atoms with Gasteiger partial charge in [-0.2, -0.15) is 5.10 Å². The summed E-state index contributed by atoms with van der Waals surface area (Å²) in [4.78, 5) is 14.8. The third-order valence-electron chi connectivity index (χ3n) is 4.85. The van der Waals surface area contributed by atoms with Crippen LogP contribution in [0.5, 0.6) is 11.5 Å². The van der Waals surface area contributed by atoms with Crippen LogP contribution in [0.4, 0.5) is 0 Å². The number of piperidine rings is 1. The molecule has 0 bridgehead atoms. The molecule has 1 aromatic carbocycles. The van der Waals surface area contributed by atoms with Crippen molar-refractivity contribution in [3.63, 3.8) is 0 Å². The molecule has 0 saturated carbocycles. The number of nitrogens with zero attached hydrogens (tertiary/aromatic N) is 3. The fourth-order valence-electron chi connectivity index (χ4n) is 3.33. The second-order valence-electron chi connectivity index (χ2n) is 6.73. The second kappa shape index (κ2) is 8.25. The van der Waals surface area contributed by atoms with E-state index in [1.807, 2.05) is 53.9 Å². The zero-order valence-corrected chi connectivity index (χ0v) is 15.8. The summed E-state index contributed by atoms with van der Waals surface area (Å²) in [5.74, 6) is 2.07. The maximum atomic E-state index is 12.9. The van der Waals surface area contributed by atoms with Crippen molar-refractivity contribution in [2.24, 2.45) is 5.92 Å². The number of aryl methyl sites for hydroxylation is 2. The summed E-state index contributed by atoms with van der Waals surface area (Å²) >= 11 is 0. The lowest BCUT2D eigenvalue weighted by Crippen LogP contribution is -2.41. The molecule has 1 amide bonds. The number of hydrogen-bond donors (Lipinski definition) is 0. The van der Waals surface area contributed by atoms with E-state index in [0.717, 1.165) is 49.7 Å². The van der Waals surface area contributed by atoms with Gasteiger partial charge in [-0.1, -0.05) is 0 Å². The van der Waals surface area contributed by atoms with E-state index < -0.39 is 0 Å². The largest absolute Gasteiger partial charge is 0.497 e. The average Bonchev–Trinajstić information content (AvgIpc) is 3.07. The summed E-state index contributed by atoms with van der Waals surface area (Å²) in [6.45, 7) is 6.83. The molecule has 1 aromatic heterocycles. The first kappa shape index (κ1) is 18.3. The van der Waals surface area contributed by atoms with Crippen molar-refractivity contribution in [3.05, 3.63) is 41.7 Å². The van der Waals surface area contributed by atoms with Crippen molar-refractivity contribution in [3.8, 4) is 11.5 Å². The molecule has 0 radical (unpaired) electrons. The van der Waals surface area contributed by atoms with Crippen molar-refractivity contribution >= 4 is 5.91 Å². The third kappa shape index (κ3) is 4.18. The van der Waals surface area contributed by atoms with Crippen molar-refractivity contribution < 1.29 is 14.3 Å². The summed E-state index contributed by atoms with van der Waals surface area (Å²) in [7, 11) is 1.65. The molecule has 1 fully saturated rings. The molecular formula is C20H27N3O3. The van der Waals surface area contributed by atoms with Crippen LogP contribution >= 0.6 is 0 Å². The standard InChI is InChI=1S/C20H27N3O3/c1-4-23-13-19(15(2)21-23)20(24)22-11-5-6-16(12-22)14-26-18-9-7-17(25-3)8-10-18/h7-10,13,16H,4-6,11-12,14H2,1-3H3/t16-/m0/s1. The van der Waals surface area contributed by atoms with Gasteiger partial charge in [0.1, 0.15) is 11.5 Å². The Balaban J connectivity index is 1.57. The Bertz CT molecular complexity index is 739. The van der Waals surface area contributed by atoms with Crippen LogP contribution in [0.15, 0.2) is 30.5 Å². The zero-order chi connectivity index (χ0) is 18.5. The number of hydrogen-bond acceptors (Lipinski definition) is 4. The summed E-state index contributed by atoms with van der Waals surface area (Å²) in [6.07, 6.45) is 3.94. The molecule has 0 N–H and O–H groups in total. The van der Waals surface area contributed by atoms with Gasteiger partial charge in [0.2, 0.25) is 0 Å². The summed E-state index contributed by atoms with van der Waals surface area (Å²) in [5, 5.41) is 4.39. The van der Waals surface area contributed by atoms with Crippen LogP contribution in [0.3, 0.4) is 0 Å². The minimum atomic E-state index is 0.0800. The van der Waals surface area contributed by atoms with Gasteiger partial charge in [0.05, 0.1) is 25.0 Å². The number of aromatic nitrogens is 2. The van der Waals surface area contributed by atoms with Gasteiger partial charge in [0, 0.05) is 31.7 Å². The SMILES string of the molecule is CCn1cc(C(=O)N2CCC[C@H](COc3ccc(OC)cc3)C2)c(C)n1. The molecule has 6 heteroatoms. The van der Waals surface area contributed by atoms with Crippen LogP contribution < -0.4 is 9.47 Å². The normalized spacial score (nSPS) is 17.2. The molecular weight excluding hydrogens is 330 g/mol. The smallest absolute Gasteiger partial charge is 0.257 e. The molecule has 2 aromatic rings. The fourth-order valence-corrected chi connectivity index (χ4v) is 3.33. The highest BCUT2D eigenvalue weighted by molar-refractivity contribution is 5.95. The Morgan fingerprint density at radius 1 is 1.27 bits per heavy atom. The lowest BCUT2D eigenvalue weighted by Gasteiger charge is -2.32. The Morgan fingerprint density at radius 3 is 2.65 bits per heavy atom. The third-order valence-corrected chi connectivity index (χ3v) is 4.85. The first-order chi connectivity index (χ1) is 12.6. The molecule has 0 aliphatic carbocycles. The van der Waals surface area contributed by atoms with Gasteiger partial charge < -0.3 is 14.4 Å². The summed E-state index contributed by atoms with van der Waals surface area (Å²) in [6, 6.07) is 7.60. The first-order valence-corrected chi connectivity index (χ1v) is 9.21. The van der Waals surface area contributed by atoms with Gasteiger partial charge in [0.25, 0.3) is 5.91 Å². The fraction of sp³-hybridized carbons (Fsp3) is 0.500. The number of carbonyl (C=O) groups is 1. The van der Waals surface area contributed by atoms with E-state index in [-0.39, 0.29) is 5.91 Å². The average molecular weight is 357 g/mol. The van der Waals surface area contributed by atoms with Crippen LogP contribution in [0, 0.1) is 12.8 Å². The molecule has 3 rings (SSSR count). The Kier molecular flexibility index (Phi) is 5.81. The Morgan fingerprint density at radius 2 is 2.00 bits per heavy atom. The highest BCUT2D eigenvalue weighted by atomic mass is 16.5. The van der Waals surface area contributed by atoms with Gasteiger partial charge in [0.15, 0.2) is 0 Å². The Labute approximate surface area is 154 Å². The van der Waals surface area contributed by atoms with Crippen molar-refractivity contribution in [1.82, 2.24) is 14.7 Å². The van der Waals surface area contributed by atoms with Crippen molar-refractivity contribution in [1.29, 1.82) is 0 Å². The Hall–Kier alpha value is -2.50. The van der Waals surface area contributed by atoms with Gasteiger partial charge in [-0.25, -0.2) is 0 Å². The number of methoxy groups -OCH3 is 1. The quantitative estimate of drug-likeness (QED) is 0.797. The number of amides is 1. The molecule has 1 atom stereocenters. The molecule has 1 aliphatic heterocycles. The highest BCUT2D eigenvalue weighted by Crippen LogP contribution is 2.22. The molecule has 2 heterocycles. The maximum Gasteiger partial charge on any atom is 0.257 e. The van der Waals surface area contributed by atoms with Gasteiger partial charge in [-0.05, 0) is 51.0 Å². The molecule has 0 unspecified atom stereocenters. The first-order valence-electron chi connectivity index (χ1n) is 9.21. The van der Waals surface area contributed by atoms with E-state index in [1.165, 1.54) is 0 Å². The van der Waals surface area contributed by atoms with E-state index in [1.54, 1.807) is 7.11 Å². The van der Waals surface area contributed by atoms with Crippen LogP contribution in [-0.4, -0.2) is 47.4 Å². The summed E-state index contributed by atoms with van der Waals surface area (Å²) < 4.78 is 12.9. The topological polar surface area (TPSA) is 56.6 Å². The van der Waals surface area contributed by atoms with Gasteiger partial charge >= 0.3 is 0 Å². The lowest BCUT2D eigenvalue weighted by atomic mass is 9.98. The number of ether oxygens (including phenoxy) is 2. The molecule has 140 valence electrons. The monoisotopic (exact) mass is 357 g/mol.